The van der Waals surface area contributed by atoms with Gasteiger partial charge >= 0.3 is 0 Å². The van der Waals surface area contributed by atoms with E-state index in [0.29, 0.717) is 12.8 Å². The van der Waals surface area contributed by atoms with Crippen molar-refractivity contribution in [3.05, 3.63) is 48.6 Å². The smallest absolute Gasteiger partial charge is 0.220 e. The van der Waals surface area contributed by atoms with Crippen molar-refractivity contribution in [1.29, 1.82) is 0 Å². The van der Waals surface area contributed by atoms with Crippen molar-refractivity contribution in [2.45, 2.75) is 203 Å². The van der Waals surface area contributed by atoms with Crippen molar-refractivity contribution in [1.82, 2.24) is 5.32 Å². The Balaban J connectivity index is 1.71. The predicted molar refractivity (Wildman–Crippen MR) is 221 cm³/mol. The molecule has 1 amide bonds. The Kier molecular flexibility index (Phi) is 28.5. The zero-order chi connectivity index (χ0) is 42.5. The number of allylic oxidation sites excluding steroid dienone is 8. The molecule has 12 atom stereocenters. The van der Waals surface area contributed by atoms with Crippen molar-refractivity contribution in [3.63, 3.8) is 0 Å². The lowest BCUT2D eigenvalue weighted by Gasteiger charge is -2.46. The number of ether oxygens (including phenoxy) is 4. The van der Waals surface area contributed by atoms with E-state index in [1.54, 1.807) is 0 Å². The lowest BCUT2D eigenvalue weighted by molar-refractivity contribution is -0.359. The van der Waals surface area contributed by atoms with Crippen LogP contribution in [0.3, 0.4) is 0 Å². The summed E-state index contributed by atoms with van der Waals surface area (Å²) in [5, 5.41) is 85.8. The second kappa shape index (κ2) is 31.8. The van der Waals surface area contributed by atoms with Gasteiger partial charge in [0.25, 0.3) is 0 Å². The van der Waals surface area contributed by atoms with E-state index in [1.165, 1.54) is 25.7 Å². The molecule has 12 unspecified atom stereocenters. The van der Waals surface area contributed by atoms with Crippen molar-refractivity contribution in [3.8, 4) is 0 Å². The molecule has 2 rings (SSSR count). The molecule has 0 saturated carbocycles. The van der Waals surface area contributed by atoms with Crippen LogP contribution in [0, 0.1) is 0 Å². The summed E-state index contributed by atoms with van der Waals surface area (Å²) in [4.78, 5) is 13.0. The maximum Gasteiger partial charge on any atom is 0.220 e. The molecule has 9 N–H and O–H groups in total. The number of unbranched alkanes of at least 4 members (excludes halogenated alkanes) is 10. The Morgan fingerprint density at radius 3 is 1.79 bits per heavy atom. The van der Waals surface area contributed by atoms with E-state index in [2.05, 4.69) is 60.8 Å². The largest absolute Gasteiger partial charge is 0.394 e. The first-order valence-electron chi connectivity index (χ1n) is 21.9. The Hall–Kier alpha value is -2.05. The fraction of sp³-hybridized carbons (Fsp3) is 0.795. The number of aliphatic hydroxyl groups excluding tert-OH is 8. The van der Waals surface area contributed by atoms with E-state index in [-0.39, 0.29) is 18.9 Å². The molecule has 2 saturated heterocycles. The highest BCUT2D eigenvalue weighted by molar-refractivity contribution is 5.76. The maximum atomic E-state index is 13.0. The summed E-state index contributed by atoms with van der Waals surface area (Å²) in [6, 6.07) is -0.829. The maximum absolute atomic E-state index is 13.0. The molecule has 2 heterocycles. The van der Waals surface area contributed by atoms with Gasteiger partial charge in [-0.25, -0.2) is 0 Å². The second-order valence-corrected chi connectivity index (χ2v) is 15.4. The Morgan fingerprint density at radius 1 is 0.638 bits per heavy atom. The summed E-state index contributed by atoms with van der Waals surface area (Å²) in [6.45, 7) is 2.52. The molecule has 0 aromatic carbocycles. The highest BCUT2D eigenvalue weighted by Crippen LogP contribution is 2.30. The van der Waals surface area contributed by atoms with Crippen LogP contribution in [0.4, 0.5) is 0 Å². The van der Waals surface area contributed by atoms with Gasteiger partial charge in [-0.3, -0.25) is 4.79 Å². The number of rotatable bonds is 31. The summed E-state index contributed by atoms with van der Waals surface area (Å²) >= 11 is 0. The minimum Gasteiger partial charge on any atom is -0.394 e. The third-order valence-electron chi connectivity index (χ3n) is 10.6. The third-order valence-corrected chi connectivity index (χ3v) is 10.6. The zero-order valence-corrected chi connectivity index (χ0v) is 35.0. The number of hydrogen-bond acceptors (Lipinski definition) is 13. The van der Waals surface area contributed by atoms with Gasteiger partial charge in [-0.15, -0.1) is 0 Å². The molecule has 0 aliphatic carbocycles. The summed E-state index contributed by atoms with van der Waals surface area (Å²) in [5.41, 5.74) is 0. The third kappa shape index (κ3) is 20.0. The predicted octanol–water partition coefficient (Wildman–Crippen LogP) is 3.76. The highest BCUT2D eigenvalue weighted by atomic mass is 16.7. The monoisotopic (exact) mass is 828 g/mol. The van der Waals surface area contributed by atoms with Crippen molar-refractivity contribution in [2.24, 2.45) is 0 Å². The van der Waals surface area contributed by atoms with Crippen molar-refractivity contribution in [2.75, 3.05) is 19.8 Å². The first-order chi connectivity index (χ1) is 28.1. The molecule has 14 nitrogen and oxygen atoms in total. The Bertz CT molecular complexity index is 1160. The molecule has 58 heavy (non-hydrogen) atoms. The van der Waals surface area contributed by atoms with E-state index in [9.17, 15) is 45.6 Å². The van der Waals surface area contributed by atoms with Gasteiger partial charge in [0.1, 0.15) is 48.8 Å². The number of aliphatic hydroxyl groups is 8. The van der Waals surface area contributed by atoms with Gasteiger partial charge in [0.2, 0.25) is 5.91 Å². The van der Waals surface area contributed by atoms with Gasteiger partial charge in [-0.1, -0.05) is 120 Å². The van der Waals surface area contributed by atoms with E-state index in [0.717, 1.165) is 70.6 Å². The number of amides is 1. The Labute approximate surface area is 346 Å². The second-order valence-electron chi connectivity index (χ2n) is 15.4. The topological polar surface area (TPSA) is 228 Å². The number of hydrogen-bond donors (Lipinski definition) is 9. The van der Waals surface area contributed by atoms with Crippen LogP contribution in [0.25, 0.3) is 0 Å². The Morgan fingerprint density at radius 2 is 1.19 bits per heavy atom. The molecule has 14 heteroatoms. The van der Waals surface area contributed by atoms with Crippen LogP contribution in [0.1, 0.15) is 129 Å². The van der Waals surface area contributed by atoms with Gasteiger partial charge < -0.3 is 65.1 Å². The van der Waals surface area contributed by atoms with E-state index < -0.39 is 86.8 Å². The first kappa shape index (κ1) is 52.1. The average Bonchev–Trinajstić information content (AvgIpc) is 3.22. The summed E-state index contributed by atoms with van der Waals surface area (Å²) in [7, 11) is 0. The molecule has 2 aliphatic heterocycles. The first-order valence-corrected chi connectivity index (χ1v) is 21.9. The summed E-state index contributed by atoms with van der Waals surface area (Å²) in [6.07, 6.45) is 18.0. The SMILES string of the molecule is CC/C=C\C/C=C\C/C=C\C/C=C\CCCCCCCCCCC(=O)NC(COC1OC(CO)C(OC2OC(CO)C(O)C(O)C2O)C(O)C1O)C(O)CCCCC. The summed E-state index contributed by atoms with van der Waals surface area (Å²) < 4.78 is 22.5. The quantitative estimate of drug-likeness (QED) is 0.0359. The number of nitrogens with one attached hydrogen (secondary N) is 1. The van der Waals surface area contributed by atoms with E-state index >= 15 is 0 Å². The average molecular weight is 828 g/mol. The lowest BCUT2D eigenvalue weighted by atomic mass is 9.97. The van der Waals surface area contributed by atoms with Crippen LogP contribution in [-0.2, 0) is 23.7 Å². The molecule has 0 aromatic rings. The van der Waals surface area contributed by atoms with Crippen LogP contribution in [0.2, 0.25) is 0 Å². The minimum absolute atomic E-state index is 0.231. The number of carbonyl (C=O) groups is 1. The van der Waals surface area contributed by atoms with Crippen LogP contribution in [0.5, 0.6) is 0 Å². The number of carbonyl (C=O) groups excluding carboxylic acids is 1. The molecule has 0 radical (unpaired) electrons. The van der Waals surface area contributed by atoms with Gasteiger partial charge in [-0.05, 0) is 51.4 Å². The fourth-order valence-electron chi connectivity index (χ4n) is 6.93. The molecule has 0 bridgehead atoms. The highest BCUT2D eigenvalue weighted by Gasteiger charge is 2.50. The molecule has 0 aromatic heterocycles. The molecular weight excluding hydrogens is 750 g/mol. The summed E-state index contributed by atoms with van der Waals surface area (Å²) in [5.74, 6) is -0.231. The van der Waals surface area contributed by atoms with Crippen LogP contribution in [0.15, 0.2) is 48.6 Å². The van der Waals surface area contributed by atoms with Gasteiger partial charge in [-0.2, -0.15) is 0 Å². The molecule has 2 fully saturated rings. The zero-order valence-electron chi connectivity index (χ0n) is 35.0. The van der Waals surface area contributed by atoms with Crippen molar-refractivity contribution < 1.29 is 64.6 Å². The molecule has 2 aliphatic rings. The van der Waals surface area contributed by atoms with E-state index in [1.807, 2.05) is 6.92 Å². The van der Waals surface area contributed by atoms with E-state index in [4.69, 9.17) is 18.9 Å². The fourth-order valence-corrected chi connectivity index (χ4v) is 6.93. The van der Waals surface area contributed by atoms with Crippen molar-refractivity contribution >= 4 is 5.91 Å². The van der Waals surface area contributed by atoms with Crippen LogP contribution < -0.4 is 5.32 Å². The molecule has 336 valence electrons. The molecule has 0 spiro atoms. The lowest BCUT2D eigenvalue weighted by Crippen LogP contribution is -2.65. The normalized spacial score (nSPS) is 29.3. The van der Waals surface area contributed by atoms with Crippen LogP contribution in [-0.4, -0.2) is 140 Å². The van der Waals surface area contributed by atoms with Crippen LogP contribution >= 0.6 is 0 Å². The van der Waals surface area contributed by atoms with Gasteiger partial charge in [0.15, 0.2) is 12.6 Å². The minimum atomic E-state index is -1.78. The van der Waals surface area contributed by atoms with Gasteiger partial charge in [0, 0.05) is 6.42 Å². The molecular formula is C44H77NO13. The van der Waals surface area contributed by atoms with Gasteiger partial charge in [0.05, 0.1) is 32.0 Å². The standard InChI is InChI=1S/C44H77NO13/c1-3-5-7-8-9-10-11-12-13-14-15-16-17-18-19-20-21-22-23-24-26-28-36(49)45-32(33(48)27-25-6-4-2)31-55-43-41(54)39(52)42(35(30-47)57-43)58-44-40(53)38(51)37(50)34(29-46)56-44/h5,7,9-10,12-13,15-16,32-35,37-44,46-48,50-54H,3-4,6,8,11,14,17-31H2,1-2H3,(H,45,49)/b7-5-,10-9-,13-12-,16-15-.